The van der Waals surface area contributed by atoms with E-state index in [1.807, 2.05) is 0 Å². The number of halogens is 4. The third-order valence-electron chi connectivity index (χ3n) is 1.23. The normalized spacial score (nSPS) is 10.5. The smallest absolute Gasteiger partial charge is 0.387 e. The zero-order valence-electron chi connectivity index (χ0n) is 6.23. The summed E-state index contributed by atoms with van der Waals surface area (Å²) in [5.74, 6) is -3.63. The van der Waals surface area contributed by atoms with E-state index in [1.54, 1.807) is 0 Å². The van der Waals surface area contributed by atoms with Gasteiger partial charge in [-0.3, -0.25) is 0 Å². The topological polar surface area (TPSA) is 35.2 Å². The number of nitrogens with two attached hydrogens (primary N) is 1. The fraction of sp³-hybridized carbons (Fsp3) is 0.143. The van der Waals surface area contributed by atoms with Gasteiger partial charge in [0, 0.05) is 17.8 Å². The van der Waals surface area contributed by atoms with Gasteiger partial charge in [0.1, 0.15) is 0 Å². The van der Waals surface area contributed by atoms with E-state index < -0.39 is 24.0 Å². The number of benzene rings is 1. The molecule has 0 aliphatic heterocycles. The molecule has 0 atom stereocenters. The van der Waals surface area contributed by atoms with Crippen LogP contribution in [0.3, 0.4) is 0 Å². The minimum Gasteiger partial charge on any atom is -0.429 e. The monoisotopic (exact) mass is 195 g/mol. The van der Waals surface area contributed by atoms with Crippen LogP contribution >= 0.6 is 0 Å². The van der Waals surface area contributed by atoms with Crippen molar-refractivity contribution in [3.63, 3.8) is 0 Å². The van der Waals surface area contributed by atoms with Gasteiger partial charge in [-0.25, -0.2) is 8.78 Å². The van der Waals surface area contributed by atoms with E-state index in [9.17, 15) is 17.6 Å². The van der Waals surface area contributed by atoms with E-state index in [1.165, 1.54) is 0 Å². The predicted molar refractivity (Wildman–Crippen MR) is 37.4 cm³/mol. The summed E-state index contributed by atoms with van der Waals surface area (Å²) in [4.78, 5) is 0. The number of alkyl halides is 2. The largest absolute Gasteiger partial charge is 0.429 e. The van der Waals surface area contributed by atoms with E-state index in [0.29, 0.717) is 12.1 Å². The van der Waals surface area contributed by atoms with Crippen molar-refractivity contribution in [2.45, 2.75) is 6.61 Å². The van der Waals surface area contributed by atoms with Gasteiger partial charge in [0.05, 0.1) is 0 Å². The molecule has 0 unspecified atom stereocenters. The Morgan fingerprint density at radius 2 is 1.62 bits per heavy atom. The average molecular weight is 195 g/mol. The van der Waals surface area contributed by atoms with Crippen molar-refractivity contribution in [2.24, 2.45) is 0 Å². The molecule has 0 aliphatic carbocycles. The van der Waals surface area contributed by atoms with Crippen LogP contribution in [0.25, 0.3) is 0 Å². The summed E-state index contributed by atoms with van der Waals surface area (Å²) in [5, 5.41) is 0. The summed E-state index contributed by atoms with van der Waals surface area (Å²) >= 11 is 0. The van der Waals surface area contributed by atoms with E-state index in [2.05, 4.69) is 4.74 Å². The first-order valence-electron chi connectivity index (χ1n) is 3.20. The van der Waals surface area contributed by atoms with Crippen LogP contribution < -0.4 is 10.5 Å². The number of rotatable bonds is 2. The molecule has 0 saturated heterocycles. The van der Waals surface area contributed by atoms with E-state index in [0.717, 1.165) is 0 Å². The van der Waals surface area contributed by atoms with Gasteiger partial charge in [-0.15, -0.1) is 0 Å². The Morgan fingerprint density at radius 1 is 1.15 bits per heavy atom. The van der Waals surface area contributed by atoms with Crippen molar-refractivity contribution in [1.29, 1.82) is 0 Å². The van der Waals surface area contributed by atoms with Crippen LogP contribution in [0.2, 0.25) is 0 Å². The first-order valence-corrected chi connectivity index (χ1v) is 3.20. The maximum Gasteiger partial charge on any atom is 0.387 e. The summed E-state index contributed by atoms with van der Waals surface area (Å²) in [6, 6.07) is 1.39. The highest BCUT2D eigenvalue weighted by atomic mass is 19.3. The lowest BCUT2D eigenvalue weighted by Crippen LogP contribution is -2.06. The minimum absolute atomic E-state index is 0.198. The maximum atomic E-state index is 12.7. The summed E-state index contributed by atoms with van der Waals surface area (Å²) in [6.07, 6.45) is 0. The molecule has 0 amide bonds. The Bertz CT molecular complexity index is 292. The molecule has 1 aromatic rings. The lowest BCUT2D eigenvalue weighted by Gasteiger charge is -2.06. The number of hydrogen-bond acceptors (Lipinski definition) is 2. The third kappa shape index (κ3) is 2.24. The molecule has 2 N–H and O–H groups in total. The molecule has 1 rings (SSSR count). The Labute approximate surface area is 70.9 Å². The van der Waals surface area contributed by atoms with Gasteiger partial charge in [-0.1, -0.05) is 0 Å². The van der Waals surface area contributed by atoms with Gasteiger partial charge < -0.3 is 10.5 Å². The molecule has 13 heavy (non-hydrogen) atoms. The van der Waals surface area contributed by atoms with Gasteiger partial charge >= 0.3 is 6.61 Å². The predicted octanol–water partition coefficient (Wildman–Crippen LogP) is 2.15. The van der Waals surface area contributed by atoms with E-state index >= 15 is 0 Å². The molecular weight excluding hydrogens is 190 g/mol. The molecule has 72 valence electrons. The Hall–Kier alpha value is -1.46. The summed E-state index contributed by atoms with van der Waals surface area (Å²) in [7, 11) is 0. The zero-order valence-corrected chi connectivity index (χ0v) is 6.23. The van der Waals surface area contributed by atoms with Crippen LogP contribution in [0, 0.1) is 11.6 Å². The first-order chi connectivity index (χ1) is 6.00. The molecular formula is C7H5F4NO. The van der Waals surface area contributed by atoms with Crippen molar-refractivity contribution < 1.29 is 22.3 Å². The standard InChI is InChI=1S/C7H5F4NO/c8-4-1-3(12)2-5(9)6(4)13-7(10)11/h1-2,7H,12H2. The van der Waals surface area contributed by atoms with Gasteiger partial charge in [0.15, 0.2) is 17.4 Å². The van der Waals surface area contributed by atoms with Crippen molar-refractivity contribution in [3.05, 3.63) is 23.8 Å². The van der Waals surface area contributed by atoms with Crippen molar-refractivity contribution in [3.8, 4) is 5.75 Å². The molecule has 0 fully saturated rings. The summed E-state index contributed by atoms with van der Waals surface area (Å²) in [5.41, 5.74) is 4.84. The highest BCUT2D eigenvalue weighted by Crippen LogP contribution is 2.25. The lowest BCUT2D eigenvalue weighted by molar-refractivity contribution is -0.0546. The van der Waals surface area contributed by atoms with Crippen LogP contribution in [0.15, 0.2) is 12.1 Å². The second kappa shape index (κ2) is 3.51. The quantitative estimate of drug-likeness (QED) is 0.579. The second-order valence-electron chi connectivity index (χ2n) is 2.19. The van der Waals surface area contributed by atoms with Crippen LogP contribution in [0.1, 0.15) is 0 Å². The molecule has 0 aromatic heterocycles. The molecule has 1 aromatic carbocycles. The van der Waals surface area contributed by atoms with Gasteiger partial charge in [0.2, 0.25) is 0 Å². The molecule has 0 saturated carbocycles. The molecule has 0 heterocycles. The van der Waals surface area contributed by atoms with Crippen molar-refractivity contribution in [2.75, 3.05) is 5.73 Å². The second-order valence-corrected chi connectivity index (χ2v) is 2.19. The highest BCUT2D eigenvalue weighted by Gasteiger charge is 2.15. The summed E-state index contributed by atoms with van der Waals surface area (Å²) < 4.78 is 52.2. The molecule has 0 bridgehead atoms. The minimum atomic E-state index is -3.27. The SMILES string of the molecule is Nc1cc(F)c(OC(F)F)c(F)c1. The van der Waals surface area contributed by atoms with Crippen LogP contribution in [0.4, 0.5) is 23.2 Å². The van der Waals surface area contributed by atoms with Crippen LogP contribution in [-0.2, 0) is 0 Å². The fourth-order valence-corrected chi connectivity index (χ4v) is 0.781. The van der Waals surface area contributed by atoms with Crippen LogP contribution in [0.5, 0.6) is 5.75 Å². The van der Waals surface area contributed by atoms with Gasteiger partial charge in [-0.2, -0.15) is 8.78 Å². The lowest BCUT2D eigenvalue weighted by atomic mass is 10.3. The molecule has 0 radical (unpaired) electrons. The zero-order chi connectivity index (χ0) is 10.0. The third-order valence-corrected chi connectivity index (χ3v) is 1.23. The molecule has 2 nitrogen and oxygen atoms in total. The number of hydrogen-bond donors (Lipinski definition) is 1. The molecule has 6 heteroatoms. The highest BCUT2D eigenvalue weighted by molar-refractivity contribution is 5.44. The first kappa shape index (κ1) is 9.63. The Balaban J connectivity index is 3.06. The van der Waals surface area contributed by atoms with Crippen molar-refractivity contribution >= 4 is 5.69 Å². The van der Waals surface area contributed by atoms with E-state index in [-0.39, 0.29) is 5.69 Å². The van der Waals surface area contributed by atoms with Gasteiger partial charge in [-0.05, 0) is 0 Å². The number of nitrogen functional groups attached to an aromatic ring is 1. The Morgan fingerprint density at radius 3 is 2.00 bits per heavy atom. The van der Waals surface area contributed by atoms with Crippen molar-refractivity contribution in [1.82, 2.24) is 0 Å². The Kier molecular flexibility index (Phi) is 2.60. The fourth-order valence-electron chi connectivity index (χ4n) is 0.781. The van der Waals surface area contributed by atoms with Crippen LogP contribution in [-0.4, -0.2) is 6.61 Å². The maximum absolute atomic E-state index is 12.7. The van der Waals surface area contributed by atoms with E-state index in [4.69, 9.17) is 5.73 Å². The number of anilines is 1. The average Bonchev–Trinajstić information content (AvgIpc) is 1.96. The summed E-state index contributed by atoms with van der Waals surface area (Å²) in [6.45, 7) is -3.27. The molecule has 0 aliphatic rings. The van der Waals surface area contributed by atoms with Gasteiger partial charge in [0.25, 0.3) is 0 Å². The number of ether oxygens (including phenoxy) is 1. The molecule has 0 spiro atoms.